The maximum atomic E-state index is 11.0. The molecule has 1 fully saturated rings. The first-order valence-corrected chi connectivity index (χ1v) is 6.78. The van der Waals surface area contributed by atoms with Crippen molar-refractivity contribution in [2.24, 2.45) is 5.92 Å². The zero-order chi connectivity index (χ0) is 13.8. The van der Waals surface area contributed by atoms with Crippen molar-refractivity contribution in [1.82, 2.24) is 4.90 Å². The van der Waals surface area contributed by atoms with Crippen LogP contribution in [0.2, 0.25) is 0 Å². The Morgan fingerprint density at radius 3 is 2.42 bits per heavy atom. The SMILES string of the molecule is CC(C)CN1CCN(c2ccccc2[N+](=O)[O-])CC1. The molecule has 1 aliphatic heterocycles. The van der Waals surface area contributed by atoms with Crippen molar-refractivity contribution in [3.8, 4) is 0 Å². The van der Waals surface area contributed by atoms with E-state index < -0.39 is 0 Å². The Bertz CT molecular complexity index is 440. The topological polar surface area (TPSA) is 49.6 Å². The molecule has 0 atom stereocenters. The summed E-state index contributed by atoms with van der Waals surface area (Å²) < 4.78 is 0. The smallest absolute Gasteiger partial charge is 0.292 e. The summed E-state index contributed by atoms with van der Waals surface area (Å²) in [5.41, 5.74) is 0.955. The van der Waals surface area contributed by atoms with E-state index >= 15 is 0 Å². The van der Waals surface area contributed by atoms with Crippen LogP contribution in [0.25, 0.3) is 0 Å². The number of nitro benzene ring substituents is 1. The van der Waals surface area contributed by atoms with Gasteiger partial charge < -0.3 is 4.90 Å². The maximum Gasteiger partial charge on any atom is 0.292 e. The van der Waals surface area contributed by atoms with Crippen LogP contribution in [0.1, 0.15) is 13.8 Å². The Morgan fingerprint density at radius 2 is 1.84 bits per heavy atom. The molecule has 0 bridgehead atoms. The molecule has 1 aromatic rings. The Morgan fingerprint density at radius 1 is 1.21 bits per heavy atom. The van der Waals surface area contributed by atoms with E-state index in [4.69, 9.17) is 0 Å². The van der Waals surface area contributed by atoms with E-state index in [1.807, 2.05) is 12.1 Å². The van der Waals surface area contributed by atoms with Gasteiger partial charge in [0, 0.05) is 38.8 Å². The summed E-state index contributed by atoms with van der Waals surface area (Å²) in [6.45, 7) is 9.21. The first-order valence-electron chi connectivity index (χ1n) is 6.78. The van der Waals surface area contributed by atoms with Crippen LogP contribution in [0.15, 0.2) is 24.3 Å². The number of hydrogen-bond acceptors (Lipinski definition) is 4. The number of nitro groups is 1. The minimum absolute atomic E-state index is 0.208. The molecule has 5 nitrogen and oxygen atoms in total. The van der Waals surface area contributed by atoms with Gasteiger partial charge in [0.05, 0.1) is 4.92 Å². The molecule has 1 aromatic carbocycles. The van der Waals surface area contributed by atoms with Gasteiger partial charge in [-0.1, -0.05) is 26.0 Å². The fourth-order valence-corrected chi connectivity index (χ4v) is 2.57. The molecule has 0 N–H and O–H groups in total. The van der Waals surface area contributed by atoms with Crippen molar-refractivity contribution in [2.45, 2.75) is 13.8 Å². The van der Waals surface area contributed by atoms with E-state index in [2.05, 4.69) is 23.6 Å². The number of rotatable bonds is 4. The fraction of sp³-hybridized carbons (Fsp3) is 0.571. The van der Waals surface area contributed by atoms with Crippen LogP contribution in [0.3, 0.4) is 0 Å². The summed E-state index contributed by atoms with van der Waals surface area (Å²) in [5.74, 6) is 0.664. The van der Waals surface area contributed by atoms with Crippen LogP contribution in [0.5, 0.6) is 0 Å². The highest BCUT2D eigenvalue weighted by molar-refractivity contribution is 5.63. The molecule has 2 rings (SSSR count). The third kappa shape index (κ3) is 3.44. The Labute approximate surface area is 114 Å². The summed E-state index contributed by atoms with van der Waals surface area (Å²) in [6, 6.07) is 7.01. The van der Waals surface area contributed by atoms with E-state index in [0.29, 0.717) is 5.92 Å². The molecule has 1 heterocycles. The van der Waals surface area contributed by atoms with Crippen molar-refractivity contribution >= 4 is 11.4 Å². The normalized spacial score (nSPS) is 16.9. The summed E-state index contributed by atoms with van der Waals surface area (Å²) in [6.07, 6.45) is 0. The van der Waals surface area contributed by atoms with E-state index in [0.717, 1.165) is 38.4 Å². The van der Waals surface area contributed by atoms with Gasteiger partial charge in [0.15, 0.2) is 0 Å². The van der Waals surface area contributed by atoms with Crippen LogP contribution in [0.4, 0.5) is 11.4 Å². The van der Waals surface area contributed by atoms with Gasteiger partial charge in [-0.15, -0.1) is 0 Å². The zero-order valence-electron chi connectivity index (χ0n) is 11.6. The highest BCUT2D eigenvalue weighted by Crippen LogP contribution is 2.28. The first kappa shape index (κ1) is 13.8. The van der Waals surface area contributed by atoms with Crippen LogP contribution in [0, 0.1) is 16.0 Å². The molecular weight excluding hydrogens is 242 g/mol. The van der Waals surface area contributed by atoms with Gasteiger partial charge in [-0.3, -0.25) is 15.0 Å². The monoisotopic (exact) mass is 263 g/mol. The second kappa shape index (κ2) is 6.02. The molecule has 0 aromatic heterocycles. The third-order valence-corrected chi connectivity index (χ3v) is 3.41. The molecular formula is C14H21N3O2. The standard InChI is InChI=1S/C14H21N3O2/c1-12(2)11-15-7-9-16(10-8-15)13-5-3-4-6-14(13)17(18)19/h3-6,12H,7-11H2,1-2H3. The highest BCUT2D eigenvalue weighted by Gasteiger charge is 2.23. The summed E-state index contributed by atoms with van der Waals surface area (Å²) in [5, 5.41) is 11.0. The van der Waals surface area contributed by atoms with Crippen LogP contribution >= 0.6 is 0 Å². The molecule has 0 spiro atoms. The number of benzene rings is 1. The molecule has 0 unspecified atom stereocenters. The van der Waals surface area contributed by atoms with E-state index in [1.54, 1.807) is 12.1 Å². The van der Waals surface area contributed by atoms with Gasteiger partial charge >= 0.3 is 0 Å². The molecule has 0 saturated carbocycles. The van der Waals surface area contributed by atoms with Gasteiger partial charge in [0.1, 0.15) is 5.69 Å². The lowest BCUT2D eigenvalue weighted by molar-refractivity contribution is -0.384. The largest absolute Gasteiger partial charge is 0.363 e. The molecule has 5 heteroatoms. The molecule has 0 amide bonds. The van der Waals surface area contributed by atoms with Crippen molar-refractivity contribution in [3.63, 3.8) is 0 Å². The van der Waals surface area contributed by atoms with Gasteiger partial charge in [-0.05, 0) is 12.0 Å². The van der Waals surface area contributed by atoms with Crippen LogP contribution in [-0.2, 0) is 0 Å². The lowest BCUT2D eigenvalue weighted by atomic mass is 10.1. The number of piperazine rings is 1. The second-order valence-electron chi connectivity index (χ2n) is 5.43. The Balaban J connectivity index is 2.04. The summed E-state index contributed by atoms with van der Waals surface area (Å²) in [7, 11) is 0. The Kier molecular flexibility index (Phi) is 4.37. The minimum Gasteiger partial charge on any atom is -0.363 e. The summed E-state index contributed by atoms with van der Waals surface area (Å²) in [4.78, 5) is 15.3. The molecule has 104 valence electrons. The predicted molar refractivity (Wildman–Crippen MR) is 76.6 cm³/mol. The lowest BCUT2D eigenvalue weighted by Crippen LogP contribution is -2.47. The molecule has 1 saturated heterocycles. The van der Waals surface area contributed by atoms with Crippen LogP contribution < -0.4 is 4.90 Å². The van der Waals surface area contributed by atoms with Crippen molar-refractivity contribution < 1.29 is 4.92 Å². The van der Waals surface area contributed by atoms with Gasteiger partial charge in [0.25, 0.3) is 5.69 Å². The van der Waals surface area contributed by atoms with E-state index in [-0.39, 0.29) is 10.6 Å². The second-order valence-corrected chi connectivity index (χ2v) is 5.43. The highest BCUT2D eigenvalue weighted by atomic mass is 16.6. The molecule has 0 radical (unpaired) electrons. The zero-order valence-corrected chi connectivity index (χ0v) is 11.6. The van der Waals surface area contributed by atoms with Crippen molar-refractivity contribution in [1.29, 1.82) is 0 Å². The quantitative estimate of drug-likeness (QED) is 0.618. The average Bonchev–Trinajstić information content (AvgIpc) is 2.39. The van der Waals surface area contributed by atoms with Gasteiger partial charge in [0.2, 0.25) is 0 Å². The number of para-hydroxylation sites is 2. The van der Waals surface area contributed by atoms with Crippen molar-refractivity contribution in [3.05, 3.63) is 34.4 Å². The molecule has 0 aliphatic carbocycles. The molecule has 19 heavy (non-hydrogen) atoms. The maximum absolute atomic E-state index is 11.0. The average molecular weight is 263 g/mol. The molecule has 1 aliphatic rings. The first-order chi connectivity index (χ1) is 9.08. The lowest BCUT2D eigenvalue weighted by Gasteiger charge is -2.36. The van der Waals surface area contributed by atoms with Gasteiger partial charge in [-0.25, -0.2) is 0 Å². The number of hydrogen-bond donors (Lipinski definition) is 0. The minimum atomic E-state index is -0.296. The summed E-state index contributed by atoms with van der Waals surface area (Å²) >= 11 is 0. The fourth-order valence-electron chi connectivity index (χ4n) is 2.57. The predicted octanol–water partition coefficient (Wildman–Crippen LogP) is 2.37. The third-order valence-electron chi connectivity index (χ3n) is 3.41. The number of nitrogens with zero attached hydrogens (tertiary/aromatic N) is 3. The Hall–Kier alpha value is -1.62. The van der Waals surface area contributed by atoms with E-state index in [1.165, 1.54) is 0 Å². The number of anilines is 1. The van der Waals surface area contributed by atoms with Crippen LogP contribution in [-0.4, -0.2) is 42.5 Å². The van der Waals surface area contributed by atoms with E-state index in [9.17, 15) is 10.1 Å². The van der Waals surface area contributed by atoms with Crippen molar-refractivity contribution in [2.75, 3.05) is 37.6 Å². The van der Waals surface area contributed by atoms with Gasteiger partial charge in [-0.2, -0.15) is 0 Å².